The quantitative estimate of drug-likeness (QED) is 0.786. The van der Waals surface area contributed by atoms with E-state index in [0.29, 0.717) is 11.3 Å². The minimum atomic E-state index is -0.270. The summed E-state index contributed by atoms with van der Waals surface area (Å²) in [5.41, 5.74) is 3.42. The summed E-state index contributed by atoms with van der Waals surface area (Å²) in [5, 5.41) is 0. The summed E-state index contributed by atoms with van der Waals surface area (Å²) in [5.74, 6) is 1.38. The van der Waals surface area contributed by atoms with Gasteiger partial charge in [-0.1, -0.05) is 44.2 Å². The van der Waals surface area contributed by atoms with Gasteiger partial charge >= 0.3 is 7.12 Å². The molecule has 4 heteroatoms. The van der Waals surface area contributed by atoms with Crippen LogP contribution in [0.3, 0.4) is 0 Å². The molecule has 6 rings (SSSR count). The lowest BCUT2D eigenvalue weighted by molar-refractivity contribution is -0.185. The molecule has 4 aliphatic rings. The molecule has 1 unspecified atom stereocenters. The fraction of sp³-hybridized carbons (Fsp3) is 0.476. The molecule has 1 aromatic heterocycles. The van der Waals surface area contributed by atoms with Crippen LogP contribution in [0.15, 0.2) is 48.7 Å². The first-order valence-corrected chi connectivity index (χ1v) is 9.32. The van der Waals surface area contributed by atoms with Crippen LogP contribution >= 0.6 is 0 Å². The number of pyridine rings is 1. The Balaban J connectivity index is 1.44. The van der Waals surface area contributed by atoms with E-state index in [0.717, 1.165) is 29.1 Å². The molecule has 2 aromatic rings. The van der Waals surface area contributed by atoms with Crippen molar-refractivity contribution >= 4 is 12.6 Å². The molecule has 2 heterocycles. The molecule has 0 amide bonds. The normalized spacial score (nSPS) is 35.2. The van der Waals surface area contributed by atoms with Gasteiger partial charge in [0.05, 0.1) is 17.4 Å². The minimum Gasteiger partial charge on any atom is -0.401 e. The van der Waals surface area contributed by atoms with Gasteiger partial charge in [-0.15, -0.1) is 0 Å². The SMILES string of the molecule is CC1(C)C2C[C@@H]1C[C@]1(C)OB(c3cccc(-c4ccccn4)c3)O[C@H]21. The summed E-state index contributed by atoms with van der Waals surface area (Å²) < 4.78 is 13.0. The molecule has 1 aliphatic heterocycles. The van der Waals surface area contributed by atoms with Gasteiger partial charge in [-0.25, -0.2) is 0 Å². The van der Waals surface area contributed by atoms with Gasteiger partial charge in [-0.2, -0.15) is 0 Å². The van der Waals surface area contributed by atoms with Gasteiger partial charge < -0.3 is 9.31 Å². The van der Waals surface area contributed by atoms with Crippen molar-refractivity contribution in [3.05, 3.63) is 48.7 Å². The standard InChI is InChI=1S/C21H24BNO2/c1-20(2)15-12-17(20)19-21(3,13-15)25-22(24-19)16-8-6-7-14(11-16)18-9-4-5-10-23-18/h4-11,15,17,19H,12-13H2,1-3H3/t15-,17?,19-,21+/m1/s1. The molecular formula is C21H24BNO2. The Morgan fingerprint density at radius 2 is 2.00 bits per heavy atom. The molecule has 4 atom stereocenters. The molecule has 0 radical (unpaired) electrons. The smallest absolute Gasteiger partial charge is 0.401 e. The van der Waals surface area contributed by atoms with Gasteiger partial charge in [-0.3, -0.25) is 4.98 Å². The number of hydrogen-bond donors (Lipinski definition) is 0. The van der Waals surface area contributed by atoms with Crippen molar-refractivity contribution in [2.45, 2.75) is 45.3 Å². The van der Waals surface area contributed by atoms with Crippen molar-refractivity contribution in [2.24, 2.45) is 17.3 Å². The van der Waals surface area contributed by atoms with Crippen LogP contribution in [0.5, 0.6) is 0 Å². The minimum absolute atomic E-state index is 0.144. The van der Waals surface area contributed by atoms with Crippen LogP contribution < -0.4 is 5.46 Å². The second-order valence-electron chi connectivity index (χ2n) is 8.72. The van der Waals surface area contributed by atoms with Crippen LogP contribution in [0.2, 0.25) is 0 Å². The second-order valence-corrected chi connectivity index (χ2v) is 8.72. The van der Waals surface area contributed by atoms with Crippen LogP contribution in [0.25, 0.3) is 11.3 Å². The average molecular weight is 333 g/mol. The maximum atomic E-state index is 6.49. The highest BCUT2D eigenvalue weighted by Gasteiger charge is 2.66. The van der Waals surface area contributed by atoms with E-state index in [-0.39, 0.29) is 18.8 Å². The Hall–Kier alpha value is -1.65. The number of benzene rings is 1. The Morgan fingerprint density at radius 1 is 1.12 bits per heavy atom. The first-order chi connectivity index (χ1) is 12.0. The van der Waals surface area contributed by atoms with E-state index < -0.39 is 0 Å². The fourth-order valence-corrected chi connectivity index (χ4v) is 5.23. The molecule has 128 valence electrons. The maximum absolute atomic E-state index is 6.49. The molecule has 1 aromatic carbocycles. The molecule has 4 fully saturated rings. The number of rotatable bonds is 2. The first-order valence-electron chi connectivity index (χ1n) is 9.32. The van der Waals surface area contributed by atoms with Crippen LogP contribution in [-0.2, 0) is 9.31 Å². The Morgan fingerprint density at radius 3 is 2.76 bits per heavy atom. The van der Waals surface area contributed by atoms with E-state index in [2.05, 4.69) is 50.0 Å². The zero-order chi connectivity index (χ0) is 17.2. The largest absolute Gasteiger partial charge is 0.494 e. The molecule has 3 nitrogen and oxygen atoms in total. The molecule has 3 aliphatic carbocycles. The predicted molar refractivity (Wildman–Crippen MR) is 99.4 cm³/mol. The molecule has 2 bridgehead atoms. The first kappa shape index (κ1) is 15.6. The predicted octanol–water partition coefficient (Wildman–Crippen LogP) is 3.68. The van der Waals surface area contributed by atoms with E-state index >= 15 is 0 Å². The number of hydrogen-bond acceptors (Lipinski definition) is 3. The molecule has 25 heavy (non-hydrogen) atoms. The molecule has 0 N–H and O–H groups in total. The highest BCUT2D eigenvalue weighted by Crippen LogP contribution is 2.64. The van der Waals surface area contributed by atoms with Crippen LogP contribution in [0.4, 0.5) is 0 Å². The Labute approximate surface area is 149 Å². The third kappa shape index (κ3) is 2.24. The number of nitrogens with zero attached hydrogens (tertiary/aromatic N) is 1. The van der Waals surface area contributed by atoms with Gasteiger partial charge in [0.2, 0.25) is 0 Å². The summed E-state index contributed by atoms with van der Waals surface area (Å²) in [6, 6.07) is 14.4. The van der Waals surface area contributed by atoms with Crippen molar-refractivity contribution in [3.63, 3.8) is 0 Å². The van der Waals surface area contributed by atoms with Gasteiger partial charge in [0.15, 0.2) is 0 Å². The molecular weight excluding hydrogens is 309 g/mol. The maximum Gasteiger partial charge on any atom is 0.494 e. The topological polar surface area (TPSA) is 31.4 Å². The monoisotopic (exact) mass is 333 g/mol. The third-order valence-electron chi connectivity index (χ3n) is 6.93. The van der Waals surface area contributed by atoms with Gasteiger partial charge in [0.25, 0.3) is 0 Å². The van der Waals surface area contributed by atoms with E-state index in [1.165, 1.54) is 6.42 Å². The van der Waals surface area contributed by atoms with E-state index in [9.17, 15) is 0 Å². The highest BCUT2D eigenvalue weighted by molar-refractivity contribution is 6.62. The van der Waals surface area contributed by atoms with Crippen molar-refractivity contribution in [1.82, 2.24) is 4.98 Å². The van der Waals surface area contributed by atoms with Gasteiger partial charge in [0.1, 0.15) is 0 Å². The third-order valence-corrected chi connectivity index (χ3v) is 6.93. The van der Waals surface area contributed by atoms with Crippen molar-refractivity contribution in [1.29, 1.82) is 0 Å². The van der Waals surface area contributed by atoms with Gasteiger partial charge in [-0.05, 0) is 60.2 Å². The lowest BCUT2D eigenvalue weighted by Gasteiger charge is -2.63. The van der Waals surface area contributed by atoms with E-state index in [1.54, 1.807) is 0 Å². The Bertz CT molecular complexity index is 809. The lowest BCUT2D eigenvalue weighted by atomic mass is 9.45. The summed E-state index contributed by atoms with van der Waals surface area (Å²) in [4.78, 5) is 4.46. The summed E-state index contributed by atoms with van der Waals surface area (Å²) in [6.45, 7) is 7.03. The Kier molecular flexibility index (Phi) is 3.23. The average Bonchev–Trinajstić information content (AvgIpc) is 3.00. The molecule has 3 saturated carbocycles. The van der Waals surface area contributed by atoms with E-state index in [1.807, 2.05) is 24.4 Å². The zero-order valence-electron chi connectivity index (χ0n) is 15.1. The number of aromatic nitrogens is 1. The second kappa shape index (κ2) is 5.18. The summed E-state index contributed by atoms with van der Waals surface area (Å²) >= 11 is 0. The molecule has 1 saturated heterocycles. The van der Waals surface area contributed by atoms with Crippen LogP contribution in [0, 0.1) is 17.3 Å². The van der Waals surface area contributed by atoms with Crippen molar-refractivity contribution < 1.29 is 9.31 Å². The van der Waals surface area contributed by atoms with Crippen molar-refractivity contribution in [2.75, 3.05) is 0 Å². The van der Waals surface area contributed by atoms with Gasteiger partial charge in [0, 0.05) is 6.20 Å². The highest BCUT2D eigenvalue weighted by atomic mass is 16.7. The zero-order valence-corrected chi connectivity index (χ0v) is 15.1. The lowest BCUT2D eigenvalue weighted by Crippen LogP contribution is -2.63. The van der Waals surface area contributed by atoms with Crippen molar-refractivity contribution in [3.8, 4) is 11.3 Å². The fourth-order valence-electron chi connectivity index (χ4n) is 5.23. The van der Waals surface area contributed by atoms with E-state index in [4.69, 9.17) is 9.31 Å². The van der Waals surface area contributed by atoms with Crippen LogP contribution in [0.1, 0.15) is 33.6 Å². The van der Waals surface area contributed by atoms with Crippen LogP contribution in [-0.4, -0.2) is 23.8 Å². The summed E-state index contributed by atoms with van der Waals surface area (Å²) in [6.07, 6.45) is 4.43. The summed E-state index contributed by atoms with van der Waals surface area (Å²) in [7, 11) is -0.270. The molecule has 0 spiro atoms.